The van der Waals surface area contributed by atoms with Gasteiger partial charge >= 0.3 is 0 Å². The van der Waals surface area contributed by atoms with Gasteiger partial charge in [0.05, 0.1) is 12.3 Å². The van der Waals surface area contributed by atoms with Crippen LogP contribution in [0, 0.1) is 5.82 Å². The largest absolute Gasteiger partial charge is 0.419 e. The minimum atomic E-state index is -0.347. The highest BCUT2D eigenvalue weighted by atomic mass is 35.5. The number of aromatic nitrogens is 4. The van der Waals surface area contributed by atoms with E-state index in [1.165, 1.54) is 12.1 Å². The molecule has 0 aliphatic heterocycles. The Bertz CT molecular complexity index is 1260. The summed E-state index contributed by atoms with van der Waals surface area (Å²) in [7, 11) is 0. The number of thioether (sulfide) groups is 1. The third kappa shape index (κ3) is 5.23. The van der Waals surface area contributed by atoms with Crippen molar-refractivity contribution in [3.63, 3.8) is 0 Å². The van der Waals surface area contributed by atoms with E-state index in [1.807, 2.05) is 0 Å². The molecule has 0 spiro atoms. The second-order valence-electron chi connectivity index (χ2n) is 7.43. The van der Waals surface area contributed by atoms with E-state index in [0.717, 1.165) is 30.2 Å². The highest BCUT2D eigenvalue weighted by Gasteiger charge is 2.34. The maximum atomic E-state index is 13.1. The van der Waals surface area contributed by atoms with Crippen molar-refractivity contribution < 1.29 is 18.0 Å². The van der Waals surface area contributed by atoms with Crippen LogP contribution in [0.1, 0.15) is 18.7 Å². The van der Waals surface area contributed by atoms with E-state index in [0.29, 0.717) is 22.4 Å². The van der Waals surface area contributed by atoms with Crippen LogP contribution >= 0.6 is 23.4 Å². The quantitative estimate of drug-likeness (QED) is 0.326. The van der Waals surface area contributed by atoms with Crippen LogP contribution in [0.15, 0.2) is 62.6 Å². The monoisotopic (exact) mass is 485 g/mol. The molecular weight excluding hydrogens is 469 g/mol. The summed E-state index contributed by atoms with van der Waals surface area (Å²) in [5.41, 5.74) is 1.36. The molecule has 2 aromatic carbocycles. The predicted molar refractivity (Wildman–Crippen MR) is 119 cm³/mol. The van der Waals surface area contributed by atoms with Gasteiger partial charge < -0.3 is 13.7 Å². The molecule has 1 amide bonds. The molecule has 11 heteroatoms. The summed E-state index contributed by atoms with van der Waals surface area (Å²) >= 11 is 7.07. The molecule has 0 saturated heterocycles. The van der Waals surface area contributed by atoms with Crippen molar-refractivity contribution in [2.45, 2.75) is 30.7 Å². The Morgan fingerprint density at radius 3 is 2.30 bits per heavy atom. The molecule has 4 aromatic rings. The van der Waals surface area contributed by atoms with Crippen molar-refractivity contribution in [1.29, 1.82) is 0 Å². The Kier molecular flexibility index (Phi) is 6.10. The molecule has 1 saturated carbocycles. The van der Waals surface area contributed by atoms with Gasteiger partial charge in [0.1, 0.15) is 5.82 Å². The molecule has 168 valence electrons. The van der Waals surface area contributed by atoms with Crippen molar-refractivity contribution in [1.82, 2.24) is 25.3 Å². The maximum Gasteiger partial charge on any atom is 0.277 e. The summed E-state index contributed by atoms with van der Waals surface area (Å²) in [5, 5.41) is 17.0. The van der Waals surface area contributed by atoms with E-state index in [2.05, 4.69) is 20.4 Å². The van der Waals surface area contributed by atoms with E-state index >= 15 is 0 Å². The molecule has 5 rings (SSSR count). The van der Waals surface area contributed by atoms with Gasteiger partial charge in [0.15, 0.2) is 0 Å². The fraction of sp³-hybridized carbons (Fsp3) is 0.227. The molecule has 2 heterocycles. The molecule has 0 N–H and O–H groups in total. The number of hydrogen-bond donors (Lipinski definition) is 0. The first-order valence-corrected chi connectivity index (χ1v) is 11.5. The standard InChI is InChI=1S/C22H17ClFN5O3S/c23-15-5-1-13(2-6-15)20-26-25-18(31-20)11-29(17-9-10-17)19(30)12-33-22-28-27-21(32-22)14-3-7-16(24)8-4-14/h1-8,17H,9-12H2. The number of hydrogen-bond acceptors (Lipinski definition) is 8. The van der Waals surface area contributed by atoms with Crippen LogP contribution in [0.2, 0.25) is 5.02 Å². The lowest BCUT2D eigenvalue weighted by molar-refractivity contribution is -0.129. The van der Waals surface area contributed by atoms with Crippen LogP contribution in [0.4, 0.5) is 4.39 Å². The third-order valence-electron chi connectivity index (χ3n) is 4.99. The zero-order valence-electron chi connectivity index (χ0n) is 17.1. The summed E-state index contributed by atoms with van der Waals surface area (Å²) in [6.45, 7) is 0.231. The molecule has 1 aliphatic rings. The molecule has 0 bridgehead atoms. The molecular formula is C22H17ClFN5O3S. The Morgan fingerprint density at radius 1 is 0.970 bits per heavy atom. The fourth-order valence-electron chi connectivity index (χ4n) is 3.16. The zero-order chi connectivity index (χ0) is 22.8. The van der Waals surface area contributed by atoms with Gasteiger partial charge in [-0.05, 0) is 61.4 Å². The summed E-state index contributed by atoms with van der Waals surface area (Å²) in [6, 6.07) is 13.0. The molecule has 1 aliphatic carbocycles. The lowest BCUT2D eigenvalue weighted by Gasteiger charge is -2.19. The van der Waals surface area contributed by atoms with Crippen molar-refractivity contribution in [3.8, 4) is 22.9 Å². The Morgan fingerprint density at radius 2 is 1.61 bits per heavy atom. The van der Waals surface area contributed by atoms with Gasteiger partial charge in [-0.2, -0.15) is 0 Å². The zero-order valence-corrected chi connectivity index (χ0v) is 18.7. The number of amides is 1. The molecule has 0 unspecified atom stereocenters. The van der Waals surface area contributed by atoms with E-state index in [-0.39, 0.29) is 41.2 Å². The minimum Gasteiger partial charge on any atom is -0.419 e. The predicted octanol–water partition coefficient (Wildman–Crippen LogP) is 4.86. The van der Waals surface area contributed by atoms with Gasteiger partial charge in [0.25, 0.3) is 5.22 Å². The van der Waals surface area contributed by atoms with E-state index < -0.39 is 0 Å². The topological polar surface area (TPSA) is 98.2 Å². The fourth-order valence-corrected chi connectivity index (χ4v) is 3.94. The van der Waals surface area contributed by atoms with Crippen molar-refractivity contribution in [3.05, 3.63) is 65.3 Å². The first-order valence-electron chi connectivity index (χ1n) is 10.2. The van der Waals surface area contributed by atoms with Crippen LogP contribution < -0.4 is 0 Å². The molecule has 0 radical (unpaired) electrons. The van der Waals surface area contributed by atoms with Crippen molar-refractivity contribution in [2.24, 2.45) is 0 Å². The summed E-state index contributed by atoms with van der Waals surface area (Å²) in [4.78, 5) is 14.6. The van der Waals surface area contributed by atoms with Gasteiger partial charge in [0.2, 0.25) is 23.6 Å². The van der Waals surface area contributed by atoms with Gasteiger partial charge in [-0.3, -0.25) is 4.79 Å². The minimum absolute atomic E-state index is 0.0877. The highest BCUT2D eigenvalue weighted by molar-refractivity contribution is 7.99. The van der Waals surface area contributed by atoms with Gasteiger partial charge in [-0.25, -0.2) is 4.39 Å². The molecule has 8 nitrogen and oxygen atoms in total. The van der Waals surface area contributed by atoms with Crippen LogP contribution in [0.3, 0.4) is 0 Å². The number of nitrogens with zero attached hydrogens (tertiary/aromatic N) is 5. The van der Waals surface area contributed by atoms with E-state index in [4.69, 9.17) is 20.4 Å². The summed E-state index contributed by atoms with van der Waals surface area (Å²) in [5.74, 6) is 0.694. The SMILES string of the molecule is O=C(CSc1nnc(-c2ccc(F)cc2)o1)N(Cc1nnc(-c2ccc(Cl)cc2)o1)C1CC1. The van der Waals surface area contributed by atoms with Gasteiger partial charge in [-0.1, -0.05) is 23.4 Å². The normalized spacial score (nSPS) is 13.3. The average Bonchev–Trinajstić information content (AvgIpc) is 3.36. The Hall–Kier alpha value is -3.24. The van der Waals surface area contributed by atoms with E-state index in [9.17, 15) is 9.18 Å². The van der Waals surface area contributed by atoms with Gasteiger partial charge in [0, 0.05) is 22.2 Å². The molecule has 33 heavy (non-hydrogen) atoms. The number of rotatable bonds is 8. The second kappa shape index (κ2) is 9.32. The number of benzene rings is 2. The smallest absolute Gasteiger partial charge is 0.277 e. The Labute approximate surface area is 197 Å². The summed E-state index contributed by atoms with van der Waals surface area (Å²) in [6.07, 6.45) is 1.87. The third-order valence-corrected chi connectivity index (χ3v) is 6.04. The van der Waals surface area contributed by atoms with Crippen molar-refractivity contribution >= 4 is 29.3 Å². The van der Waals surface area contributed by atoms with Crippen molar-refractivity contribution in [2.75, 3.05) is 5.75 Å². The average molecular weight is 486 g/mol. The lowest BCUT2D eigenvalue weighted by Crippen LogP contribution is -2.34. The maximum absolute atomic E-state index is 13.1. The second-order valence-corrected chi connectivity index (χ2v) is 8.79. The van der Waals surface area contributed by atoms with E-state index in [1.54, 1.807) is 41.3 Å². The Balaban J connectivity index is 1.21. The van der Waals surface area contributed by atoms with Crippen LogP contribution in [0.25, 0.3) is 22.9 Å². The van der Waals surface area contributed by atoms with Crippen LogP contribution in [-0.2, 0) is 11.3 Å². The number of carbonyl (C=O) groups is 1. The molecule has 1 fully saturated rings. The lowest BCUT2D eigenvalue weighted by atomic mass is 10.2. The molecule has 2 aromatic heterocycles. The van der Waals surface area contributed by atoms with Crippen LogP contribution in [-0.4, -0.2) is 43.0 Å². The first-order chi connectivity index (χ1) is 16.0. The van der Waals surface area contributed by atoms with Crippen LogP contribution in [0.5, 0.6) is 0 Å². The number of carbonyl (C=O) groups excluding carboxylic acids is 1. The highest BCUT2D eigenvalue weighted by Crippen LogP contribution is 2.31. The van der Waals surface area contributed by atoms with Gasteiger partial charge in [-0.15, -0.1) is 20.4 Å². The summed E-state index contributed by atoms with van der Waals surface area (Å²) < 4.78 is 24.4. The molecule has 0 atom stereocenters. The first kappa shape index (κ1) is 21.6. The number of halogens is 2.